The second-order valence-electron chi connectivity index (χ2n) is 3.59. The van der Waals surface area contributed by atoms with Crippen LogP contribution in [0.25, 0.3) is 6.08 Å². The van der Waals surface area contributed by atoms with E-state index >= 15 is 0 Å². The highest BCUT2D eigenvalue weighted by atomic mass is 32.2. The van der Waals surface area contributed by atoms with Crippen LogP contribution in [0.15, 0.2) is 29.8 Å². The van der Waals surface area contributed by atoms with Crippen LogP contribution in [-0.2, 0) is 9.53 Å². The van der Waals surface area contributed by atoms with Crippen molar-refractivity contribution in [1.82, 2.24) is 0 Å². The molecule has 0 unspecified atom stereocenters. The van der Waals surface area contributed by atoms with Gasteiger partial charge in [0.05, 0.1) is 14.2 Å². The molecule has 0 atom stereocenters. The lowest BCUT2D eigenvalue weighted by Crippen LogP contribution is -2.11. The van der Waals surface area contributed by atoms with Gasteiger partial charge in [-0.2, -0.15) is 0 Å². The van der Waals surface area contributed by atoms with Gasteiger partial charge < -0.3 is 15.2 Å². The van der Waals surface area contributed by atoms with Gasteiger partial charge in [0.25, 0.3) is 0 Å². The lowest BCUT2D eigenvalue weighted by Gasteiger charge is -2.05. The molecular formula is C13H16N2O3S. The molecule has 1 rings (SSSR count). The molecule has 0 heterocycles. The van der Waals surface area contributed by atoms with E-state index in [-0.39, 0.29) is 5.17 Å². The molecule has 102 valence electrons. The number of nitrogens with two attached hydrogens (primary N) is 1. The molecule has 0 saturated carbocycles. The van der Waals surface area contributed by atoms with Gasteiger partial charge in [0.1, 0.15) is 5.75 Å². The average molecular weight is 280 g/mol. The van der Waals surface area contributed by atoms with Crippen LogP contribution in [0, 0.1) is 5.41 Å². The van der Waals surface area contributed by atoms with Crippen LogP contribution in [0.2, 0.25) is 0 Å². The molecular weight excluding hydrogens is 264 g/mol. The van der Waals surface area contributed by atoms with Crippen LogP contribution in [0.3, 0.4) is 0 Å². The number of hydrogen-bond donors (Lipinski definition) is 2. The zero-order valence-electron chi connectivity index (χ0n) is 10.8. The molecule has 0 aromatic heterocycles. The number of hydrogen-bond acceptors (Lipinski definition) is 5. The molecule has 0 aliphatic rings. The summed E-state index contributed by atoms with van der Waals surface area (Å²) in [5.41, 5.74) is 6.57. The zero-order valence-corrected chi connectivity index (χ0v) is 11.6. The van der Waals surface area contributed by atoms with Crippen molar-refractivity contribution >= 4 is 29.0 Å². The number of carbonyl (C=O) groups excluding carboxylic acids is 1. The first-order chi connectivity index (χ1) is 9.06. The van der Waals surface area contributed by atoms with Crippen molar-refractivity contribution in [2.45, 2.75) is 0 Å². The van der Waals surface area contributed by atoms with E-state index in [0.29, 0.717) is 11.3 Å². The summed E-state index contributed by atoms with van der Waals surface area (Å²) < 4.78 is 9.77. The molecule has 5 nitrogen and oxygen atoms in total. The van der Waals surface area contributed by atoms with Crippen LogP contribution >= 0.6 is 11.8 Å². The third-order valence-electron chi connectivity index (χ3n) is 2.29. The van der Waals surface area contributed by atoms with Crippen LogP contribution < -0.4 is 10.5 Å². The van der Waals surface area contributed by atoms with Crippen molar-refractivity contribution in [3.05, 3.63) is 35.4 Å². The molecule has 0 radical (unpaired) electrons. The predicted octanol–water partition coefficient (Wildman–Crippen LogP) is 1.88. The van der Waals surface area contributed by atoms with Gasteiger partial charge in [0.15, 0.2) is 5.17 Å². The van der Waals surface area contributed by atoms with Gasteiger partial charge in [0, 0.05) is 11.3 Å². The molecule has 0 aliphatic carbocycles. The Bertz CT molecular complexity index is 483. The fraction of sp³-hybridized carbons (Fsp3) is 0.231. The first-order valence-corrected chi connectivity index (χ1v) is 6.45. The maximum Gasteiger partial charge on any atom is 0.334 e. The number of esters is 1. The summed E-state index contributed by atoms with van der Waals surface area (Å²) in [5, 5.41) is 7.13. The summed E-state index contributed by atoms with van der Waals surface area (Å²) in [5.74, 6) is 0.619. The van der Waals surface area contributed by atoms with Gasteiger partial charge in [-0.1, -0.05) is 23.9 Å². The fourth-order valence-corrected chi connectivity index (χ4v) is 1.86. The maximum absolute atomic E-state index is 11.6. The van der Waals surface area contributed by atoms with Crippen LogP contribution in [-0.4, -0.2) is 31.1 Å². The molecule has 19 heavy (non-hydrogen) atoms. The summed E-state index contributed by atoms with van der Waals surface area (Å²) in [4.78, 5) is 11.6. The summed E-state index contributed by atoms with van der Waals surface area (Å²) in [6.45, 7) is 0. The summed E-state index contributed by atoms with van der Waals surface area (Å²) in [6, 6.07) is 7.28. The van der Waals surface area contributed by atoms with E-state index < -0.39 is 5.97 Å². The lowest BCUT2D eigenvalue weighted by atomic mass is 10.1. The number of carbonyl (C=O) groups is 1. The number of thioether (sulfide) groups is 1. The summed E-state index contributed by atoms with van der Waals surface area (Å²) in [6.07, 6.45) is 1.71. The number of amidine groups is 1. The Labute approximate surface area is 116 Å². The van der Waals surface area contributed by atoms with Gasteiger partial charge in [-0.05, 0) is 23.8 Å². The number of rotatable bonds is 5. The van der Waals surface area contributed by atoms with Crippen molar-refractivity contribution in [3.8, 4) is 5.75 Å². The molecule has 0 saturated heterocycles. The number of nitrogens with one attached hydrogen (secondary N) is 1. The third-order valence-corrected chi connectivity index (χ3v) is 3.05. The molecule has 6 heteroatoms. The van der Waals surface area contributed by atoms with Crippen molar-refractivity contribution in [1.29, 1.82) is 5.41 Å². The molecule has 1 aromatic carbocycles. The first-order valence-electron chi connectivity index (χ1n) is 5.46. The highest BCUT2D eigenvalue weighted by Crippen LogP contribution is 2.17. The van der Waals surface area contributed by atoms with Crippen molar-refractivity contribution < 1.29 is 14.3 Å². The maximum atomic E-state index is 11.6. The van der Waals surface area contributed by atoms with E-state index in [4.69, 9.17) is 20.6 Å². The van der Waals surface area contributed by atoms with E-state index in [1.54, 1.807) is 25.3 Å². The second-order valence-corrected chi connectivity index (χ2v) is 4.60. The predicted molar refractivity (Wildman–Crippen MR) is 77.4 cm³/mol. The Kier molecular flexibility index (Phi) is 5.95. The largest absolute Gasteiger partial charge is 0.497 e. The monoisotopic (exact) mass is 280 g/mol. The number of ether oxygens (including phenoxy) is 2. The standard InChI is InChI=1S/C13H16N2O3S/c1-17-11-5-3-9(4-6-11)7-10(12(16)18-2)8-19-13(14)15/h3-7H,8H2,1-2H3,(H3,14,15)/b10-7+. The number of benzene rings is 1. The van der Waals surface area contributed by atoms with Gasteiger partial charge in [-0.25, -0.2) is 4.79 Å². The van der Waals surface area contributed by atoms with Crippen molar-refractivity contribution in [2.24, 2.45) is 5.73 Å². The molecule has 0 amide bonds. The molecule has 0 bridgehead atoms. The molecule has 0 aliphatic heterocycles. The van der Waals surface area contributed by atoms with E-state index in [0.717, 1.165) is 23.1 Å². The number of methoxy groups -OCH3 is 2. The van der Waals surface area contributed by atoms with Crippen molar-refractivity contribution in [3.63, 3.8) is 0 Å². The Morgan fingerprint density at radius 3 is 2.47 bits per heavy atom. The van der Waals surface area contributed by atoms with Gasteiger partial charge in [0.2, 0.25) is 0 Å². The second kappa shape index (κ2) is 7.48. The normalized spacial score (nSPS) is 10.9. The van der Waals surface area contributed by atoms with Gasteiger partial charge in [-0.15, -0.1) is 0 Å². The fourth-order valence-electron chi connectivity index (χ4n) is 1.35. The SMILES string of the molecule is COC(=O)/C(=C/c1ccc(OC)cc1)CSC(=N)N. The Hall–Kier alpha value is -1.95. The Morgan fingerprint density at radius 2 is 2.00 bits per heavy atom. The third kappa shape index (κ3) is 5.05. The van der Waals surface area contributed by atoms with Crippen LogP contribution in [0.1, 0.15) is 5.56 Å². The molecule has 0 fully saturated rings. The minimum absolute atomic E-state index is 0.0375. The highest BCUT2D eigenvalue weighted by molar-refractivity contribution is 8.13. The zero-order chi connectivity index (χ0) is 14.3. The van der Waals surface area contributed by atoms with Crippen LogP contribution in [0.5, 0.6) is 5.75 Å². The van der Waals surface area contributed by atoms with E-state index in [1.165, 1.54) is 7.11 Å². The lowest BCUT2D eigenvalue weighted by molar-refractivity contribution is -0.135. The summed E-state index contributed by atoms with van der Waals surface area (Å²) >= 11 is 1.08. The van der Waals surface area contributed by atoms with E-state index in [2.05, 4.69) is 0 Å². The molecule has 3 N–H and O–H groups in total. The van der Waals surface area contributed by atoms with E-state index in [1.807, 2.05) is 12.1 Å². The van der Waals surface area contributed by atoms with E-state index in [9.17, 15) is 4.79 Å². The average Bonchev–Trinajstić information content (AvgIpc) is 2.43. The smallest absolute Gasteiger partial charge is 0.334 e. The first kappa shape index (κ1) is 15.1. The Balaban J connectivity index is 2.90. The van der Waals surface area contributed by atoms with Gasteiger partial charge >= 0.3 is 5.97 Å². The Morgan fingerprint density at radius 1 is 1.37 bits per heavy atom. The van der Waals surface area contributed by atoms with Gasteiger partial charge in [-0.3, -0.25) is 5.41 Å². The molecule has 1 aromatic rings. The topological polar surface area (TPSA) is 85.4 Å². The minimum atomic E-state index is -0.426. The quantitative estimate of drug-likeness (QED) is 0.372. The highest BCUT2D eigenvalue weighted by Gasteiger charge is 2.10. The van der Waals surface area contributed by atoms with Crippen molar-refractivity contribution in [2.75, 3.05) is 20.0 Å². The summed E-state index contributed by atoms with van der Waals surface area (Å²) in [7, 11) is 2.91. The molecule has 0 spiro atoms. The minimum Gasteiger partial charge on any atom is -0.497 e. The van der Waals surface area contributed by atoms with Crippen LogP contribution in [0.4, 0.5) is 0 Å².